The van der Waals surface area contributed by atoms with Crippen LogP contribution in [-0.4, -0.2) is 29.9 Å². The number of benzene rings is 1. The molecular weight excluding hydrogens is 258 g/mol. The predicted molar refractivity (Wildman–Crippen MR) is 77.1 cm³/mol. The molecular formula is C14H17N3OS. The van der Waals surface area contributed by atoms with Crippen LogP contribution in [0.5, 0.6) is 0 Å². The Morgan fingerprint density at radius 1 is 1.32 bits per heavy atom. The van der Waals surface area contributed by atoms with E-state index in [1.54, 1.807) is 18.4 Å². The fourth-order valence-corrected chi connectivity index (χ4v) is 2.42. The number of rotatable bonds is 5. The van der Waals surface area contributed by atoms with Crippen LogP contribution in [0.15, 0.2) is 35.2 Å². The number of nitrogens with zero attached hydrogens (tertiary/aromatic N) is 2. The van der Waals surface area contributed by atoms with Crippen LogP contribution in [0.25, 0.3) is 0 Å². The number of aromatic nitrogens is 1. The molecule has 0 bridgehead atoms. The van der Waals surface area contributed by atoms with E-state index in [0.29, 0.717) is 5.56 Å². The maximum Gasteiger partial charge on any atom is 0.251 e. The minimum absolute atomic E-state index is 0.0534. The van der Waals surface area contributed by atoms with Crippen molar-refractivity contribution in [3.8, 4) is 0 Å². The SMILES string of the molecule is CNC(=O)c1ccc(CN(C)Cc2cscn2)cc1. The molecule has 19 heavy (non-hydrogen) atoms. The van der Waals surface area contributed by atoms with Gasteiger partial charge in [-0.05, 0) is 24.7 Å². The van der Waals surface area contributed by atoms with Crippen molar-refractivity contribution in [2.75, 3.05) is 14.1 Å². The van der Waals surface area contributed by atoms with E-state index in [1.807, 2.05) is 29.8 Å². The molecule has 0 spiro atoms. The Bertz CT molecular complexity index is 522. The first-order valence-electron chi connectivity index (χ1n) is 6.05. The number of carbonyl (C=O) groups is 1. The van der Waals surface area contributed by atoms with Crippen LogP contribution >= 0.6 is 11.3 Å². The Labute approximate surface area is 117 Å². The lowest BCUT2D eigenvalue weighted by Gasteiger charge is -2.15. The second kappa shape index (κ2) is 6.45. The summed E-state index contributed by atoms with van der Waals surface area (Å²) < 4.78 is 0. The quantitative estimate of drug-likeness (QED) is 0.909. The molecule has 1 amide bonds. The van der Waals surface area contributed by atoms with Crippen LogP contribution in [0, 0.1) is 0 Å². The van der Waals surface area contributed by atoms with Gasteiger partial charge in [-0.25, -0.2) is 4.98 Å². The summed E-state index contributed by atoms with van der Waals surface area (Å²) >= 11 is 1.61. The molecule has 0 aliphatic rings. The maximum absolute atomic E-state index is 11.4. The third-order valence-corrected chi connectivity index (χ3v) is 3.45. The first-order valence-corrected chi connectivity index (χ1v) is 7.00. The molecule has 0 aliphatic carbocycles. The Morgan fingerprint density at radius 2 is 2.05 bits per heavy atom. The van der Waals surface area contributed by atoms with Crippen molar-refractivity contribution in [1.82, 2.24) is 15.2 Å². The van der Waals surface area contributed by atoms with E-state index in [9.17, 15) is 4.79 Å². The van der Waals surface area contributed by atoms with Crippen LogP contribution in [0.2, 0.25) is 0 Å². The van der Waals surface area contributed by atoms with Gasteiger partial charge in [-0.2, -0.15) is 0 Å². The lowest BCUT2D eigenvalue weighted by molar-refractivity contribution is 0.0963. The Morgan fingerprint density at radius 3 is 2.63 bits per heavy atom. The summed E-state index contributed by atoms with van der Waals surface area (Å²) in [4.78, 5) is 17.9. The highest BCUT2D eigenvalue weighted by molar-refractivity contribution is 7.07. The molecule has 4 nitrogen and oxygen atoms in total. The van der Waals surface area contributed by atoms with E-state index in [1.165, 1.54) is 5.56 Å². The monoisotopic (exact) mass is 275 g/mol. The molecule has 1 N–H and O–H groups in total. The number of hydrogen-bond acceptors (Lipinski definition) is 4. The number of nitrogens with one attached hydrogen (secondary N) is 1. The summed E-state index contributed by atoms with van der Waals surface area (Å²) in [6.45, 7) is 1.67. The zero-order valence-electron chi connectivity index (χ0n) is 11.1. The summed E-state index contributed by atoms with van der Waals surface area (Å²) in [7, 11) is 3.70. The topological polar surface area (TPSA) is 45.2 Å². The molecule has 0 fully saturated rings. The number of thiazole rings is 1. The summed E-state index contributed by atoms with van der Waals surface area (Å²) in [6.07, 6.45) is 0. The molecule has 100 valence electrons. The first-order chi connectivity index (χ1) is 9.19. The third-order valence-electron chi connectivity index (χ3n) is 2.81. The Balaban J connectivity index is 1.93. The van der Waals surface area contributed by atoms with Crippen molar-refractivity contribution < 1.29 is 4.79 Å². The molecule has 1 aromatic heterocycles. The molecule has 0 saturated heterocycles. The van der Waals surface area contributed by atoms with Gasteiger partial charge in [0.05, 0.1) is 11.2 Å². The molecule has 0 aliphatic heterocycles. The van der Waals surface area contributed by atoms with Crippen LogP contribution in [0.1, 0.15) is 21.6 Å². The standard InChI is InChI=1S/C14H17N3OS/c1-15-14(18)12-5-3-11(4-6-12)7-17(2)8-13-9-19-10-16-13/h3-6,9-10H,7-8H2,1-2H3,(H,15,18). The van der Waals surface area contributed by atoms with Gasteiger partial charge >= 0.3 is 0 Å². The zero-order valence-corrected chi connectivity index (χ0v) is 11.9. The van der Waals surface area contributed by atoms with Gasteiger partial charge in [0.15, 0.2) is 0 Å². The molecule has 0 saturated carbocycles. The summed E-state index contributed by atoms with van der Waals surface area (Å²) in [5, 5.41) is 4.68. The third kappa shape index (κ3) is 3.87. The first kappa shape index (κ1) is 13.7. The lowest BCUT2D eigenvalue weighted by atomic mass is 10.1. The maximum atomic E-state index is 11.4. The van der Waals surface area contributed by atoms with Crippen LogP contribution < -0.4 is 5.32 Å². The van der Waals surface area contributed by atoms with Gasteiger partial charge in [0.2, 0.25) is 0 Å². The number of carbonyl (C=O) groups excluding carboxylic acids is 1. The van der Waals surface area contributed by atoms with Crippen LogP contribution in [-0.2, 0) is 13.1 Å². The van der Waals surface area contributed by atoms with Crippen molar-refractivity contribution >= 4 is 17.2 Å². The van der Waals surface area contributed by atoms with Crippen molar-refractivity contribution in [1.29, 1.82) is 0 Å². The van der Waals surface area contributed by atoms with Crippen molar-refractivity contribution in [2.45, 2.75) is 13.1 Å². The predicted octanol–water partition coefficient (Wildman–Crippen LogP) is 2.13. The highest BCUT2D eigenvalue weighted by Crippen LogP contribution is 2.10. The highest BCUT2D eigenvalue weighted by atomic mass is 32.1. The van der Waals surface area contributed by atoms with Gasteiger partial charge < -0.3 is 5.32 Å². The molecule has 0 atom stereocenters. The van der Waals surface area contributed by atoms with Gasteiger partial charge in [0.1, 0.15) is 0 Å². The van der Waals surface area contributed by atoms with Gasteiger partial charge in [-0.1, -0.05) is 12.1 Å². The zero-order chi connectivity index (χ0) is 13.7. The van der Waals surface area contributed by atoms with E-state index >= 15 is 0 Å². The van der Waals surface area contributed by atoms with Crippen molar-refractivity contribution in [3.63, 3.8) is 0 Å². The molecule has 1 heterocycles. The summed E-state index contributed by atoms with van der Waals surface area (Å²) in [5.74, 6) is -0.0534. The molecule has 2 aromatic rings. The average molecular weight is 275 g/mol. The Hall–Kier alpha value is -1.72. The molecule has 0 unspecified atom stereocenters. The van der Waals surface area contributed by atoms with Gasteiger partial charge in [-0.3, -0.25) is 9.69 Å². The largest absolute Gasteiger partial charge is 0.355 e. The highest BCUT2D eigenvalue weighted by Gasteiger charge is 2.05. The van der Waals surface area contributed by atoms with Crippen molar-refractivity contribution in [2.24, 2.45) is 0 Å². The number of amides is 1. The van der Waals surface area contributed by atoms with Gasteiger partial charge in [-0.15, -0.1) is 11.3 Å². The fourth-order valence-electron chi connectivity index (χ4n) is 1.87. The second-order valence-corrected chi connectivity index (χ2v) is 5.15. The number of hydrogen-bond donors (Lipinski definition) is 1. The van der Waals surface area contributed by atoms with Crippen molar-refractivity contribution in [3.05, 3.63) is 52.0 Å². The molecule has 2 rings (SSSR count). The average Bonchev–Trinajstić information content (AvgIpc) is 2.91. The van der Waals surface area contributed by atoms with E-state index < -0.39 is 0 Å². The second-order valence-electron chi connectivity index (χ2n) is 4.43. The smallest absolute Gasteiger partial charge is 0.251 e. The van der Waals surface area contributed by atoms with Crippen LogP contribution in [0.3, 0.4) is 0 Å². The minimum Gasteiger partial charge on any atom is -0.355 e. The lowest BCUT2D eigenvalue weighted by Crippen LogP contribution is -2.19. The summed E-state index contributed by atoms with van der Waals surface area (Å²) in [6, 6.07) is 7.68. The van der Waals surface area contributed by atoms with Gasteiger partial charge in [0.25, 0.3) is 5.91 Å². The van der Waals surface area contributed by atoms with E-state index in [4.69, 9.17) is 0 Å². The molecule has 0 radical (unpaired) electrons. The van der Waals surface area contributed by atoms with Crippen LogP contribution in [0.4, 0.5) is 0 Å². The van der Waals surface area contributed by atoms with E-state index in [0.717, 1.165) is 18.8 Å². The molecule has 1 aromatic carbocycles. The molecule has 5 heteroatoms. The Kier molecular flexibility index (Phi) is 4.65. The van der Waals surface area contributed by atoms with E-state index in [2.05, 4.69) is 27.6 Å². The summed E-state index contributed by atoms with van der Waals surface area (Å²) in [5.41, 5.74) is 4.81. The van der Waals surface area contributed by atoms with Gasteiger partial charge in [0, 0.05) is 31.1 Å². The minimum atomic E-state index is -0.0534. The normalized spacial score (nSPS) is 10.7. The fraction of sp³-hybridized carbons (Fsp3) is 0.286. The van der Waals surface area contributed by atoms with E-state index in [-0.39, 0.29) is 5.91 Å².